The summed E-state index contributed by atoms with van der Waals surface area (Å²) in [5.41, 5.74) is 4.91. The fourth-order valence-corrected chi connectivity index (χ4v) is 2.22. The van der Waals surface area contributed by atoms with Crippen LogP contribution in [0.5, 0.6) is 0 Å². The molecule has 0 aliphatic heterocycles. The number of quaternary nitrogens is 2. The van der Waals surface area contributed by atoms with E-state index < -0.39 is 10.5 Å². The van der Waals surface area contributed by atoms with Crippen LogP contribution in [0.1, 0.15) is 26.2 Å². The predicted molar refractivity (Wildman–Crippen MR) is 76.7 cm³/mol. The third-order valence-corrected chi connectivity index (χ3v) is 3.33. The first-order chi connectivity index (χ1) is 10.0. The number of benzene rings is 1. The van der Waals surface area contributed by atoms with E-state index in [0.717, 1.165) is 36.6 Å². The smallest absolute Gasteiger partial charge is 0.195 e. The molecule has 0 aromatic heterocycles. The third-order valence-electron chi connectivity index (χ3n) is 3.33. The average Bonchev–Trinajstić information content (AvgIpc) is 2.92. The molecule has 5 N–H and O–H groups in total. The topological polar surface area (TPSA) is 120 Å². The van der Waals surface area contributed by atoms with Gasteiger partial charge in [0, 0.05) is 6.07 Å². The lowest BCUT2D eigenvalue weighted by molar-refractivity contribution is -0.996. The van der Waals surface area contributed by atoms with Crippen LogP contribution in [0.4, 0.5) is 17.1 Å². The van der Waals surface area contributed by atoms with Crippen molar-refractivity contribution in [3.05, 3.63) is 40.3 Å². The lowest BCUT2D eigenvalue weighted by atomic mass is 10.1. The van der Waals surface area contributed by atoms with Crippen molar-refractivity contribution in [2.24, 2.45) is 5.10 Å². The number of hydrogen-bond acceptors (Lipinski definition) is 6. The van der Waals surface area contributed by atoms with E-state index in [0.29, 0.717) is 0 Å². The molecule has 8 nitrogen and oxygen atoms in total. The minimum absolute atomic E-state index is 0.0689. The molecule has 1 aliphatic carbocycles. The highest BCUT2D eigenvalue weighted by atomic mass is 16.8. The summed E-state index contributed by atoms with van der Waals surface area (Å²) in [5.74, 6) is 0. The normalized spacial score (nSPS) is 19.5. The Bertz CT molecular complexity index is 569. The monoisotopic (exact) mass is 294 g/mol. The Balaban J connectivity index is 2.24. The van der Waals surface area contributed by atoms with Crippen LogP contribution < -0.4 is 15.9 Å². The molecule has 0 heterocycles. The molecule has 0 saturated heterocycles. The van der Waals surface area contributed by atoms with Crippen LogP contribution in [-0.4, -0.2) is 16.1 Å². The van der Waals surface area contributed by atoms with Gasteiger partial charge < -0.3 is 10.4 Å². The summed E-state index contributed by atoms with van der Waals surface area (Å²) in [4.78, 5) is 0. The molecular formula is C13H18N4O4. The van der Waals surface area contributed by atoms with Gasteiger partial charge in [0.2, 0.25) is 0 Å². The third kappa shape index (κ3) is 3.64. The molecule has 114 valence electrons. The molecule has 1 aromatic carbocycles. The molecule has 2 unspecified atom stereocenters. The first-order valence-electron chi connectivity index (χ1n) is 6.65. The maximum Gasteiger partial charge on any atom is 0.195 e. The quantitative estimate of drug-likeness (QED) is 0.503. The van der Waals surface area contributed by atoms with E-state index in [1.54, 1.807) is 0 Å². The van der Waals surface area contributed by atoms with E-state index in [9.17, 15) is 10.4 Å². The molecule has 0 amide bonds. The first-order valence-corrected chi connectivity index (χ1v) is 6.65. The van der Waals surface area contributed by atoms with Gasteiger partial charge in [-0.05, 0) is 30.9 Å². The summed E-state index contributed by atoms with van der Waals surface area (Å²) >= 11 is 0. The summed E-state index contributed by atoms with van der Waals surface area (Å²) in [6, 6.07) is 3.89. The first kappa shape index (κ1) is 15.6. The Hall–Kier alpha value is -1.81. The van der Waals surface area contributed by atoms with Crippen molar-refractivity contribution in [2.75, 3.05) is 5.43 Å². The molecule has 0 radical (unpaired) electrons. The summed E-state index contributed by atoms with van der Waals surface area (Å²) in [6.07, 6.45) is 4.76. The number of nitrogens with one attached hydrogen (secondary N) is 3. The summed E-state index contributed by atoms with van der Waals surface area (Å²) < 4.78 is 0. The Morgan fingerprint density at radius 3 is 2.67 bits per heavy atom. The number of allylic oxidation sites excluding steroid dienone is 2. The SMILES string of the molecule is CCC1=CCCC1=NNc1ccc([NH+]([O-])O)cc1[NH+]([O-])O. The molecule has 0 saturated carbocycles. The minimum Gasteiger partial charge on any atom is -0.595 e. The molecule has 0 spiro atoms. The Morgan fingerprint density at radius 1 is 1.29 bits per heavy atom. The molecule has 2 rings (SSSR count). The number of nitrogens with zero attached hydrogens (tertiary/aromatic N) is 1. The van der Waals surface area contributed by atoms with Gasteiger partial charge in [-0.15, -0.1) is 0 Å². The second-order valence-corrected chi connectivity index (χ2v) is 4.66. The summed E-state index contributed by atoms with van der Waals surface area (Å²) in [6.45, 7) is 2.04. The van der Waals surface area contributed by atoms with Crippen LogP contribution in [0.2, 0.25) is 0 Å². The van der Waals surface area contributed by atoms with Crippen molar-refractivity contribution in [1.29, 1.82) is 0 Å². The van der Waals surface area contributed by atoms with E-state index in [2.05, 4.69) is 16.6 Å². The summed E-state index contributed by atoms with van der Waals surface area (Å²) in [5, 5.41) is 42.1. The van der Waals surface area contributed by atoms with Gasteiger partial charge in [0.25, 0.3) is 0 Å². The van der Waals surface area contributed by atoms with E-state index >= 15 is 0 Å². The van der Waals surface area contributed by atoms with Gasteiger partial charge in [-0.25, -0.2) is 10.4 Å². The highest BCUT2D eigenvalue weighted by Crippen LogP contribution is 2.23. The number of hydrazone groups is 1. The van der Waals surface area contributed by atoms with Crippen LogP contribution >= 0.6 is 0 Å². The second kappa shape index (κ2) is 6.76. The predicted octanol–water partition coefficient (Wildman–Crippen LogP) is 0.392. The molecule has 0 bridgehead atoms. The van der Waals surface area contributed by atoms with Gasteiger partial charge >= 0.3 is 0 Å². The van der Waals surface area contributed by atoms with Crippen molar-refractivity contribution in [2.45, 2.75) is 26.2 Å². The van der Waals surface area contributed by atoms with E-state index in [1.165, 1.54) is 12.1 Å². The van der Waals surface area contributed by atoms with Gasteiger partial charge in [0.15, 0.2) is 11.4 Å². The zero-order valence-corrected chi connectivity index (χ0v) is 11.6. The van der Waals surface area contributed by atoms with Crippen molar-refractivity contribution in [3.63, 3.8) is 0 Å². The van der Waals surface area contributed by atoms with Crippen molar-refractivity contribution in [3.8, 4) is 0 Å². The van der Waals surface area contributed by atoms with Crippen LogP contribution in [-0.2, 0) is 0 Å². The highest BCUT2D eigenvalue weighted by molar-refractivity contribution is 6.02. The molecule has 2 atom stereocenters. The van der Waals surface area contributed by atoms with Gasteiger partial charge in [-0.1, -0.05) is 13.0 Å². The lowest BCUT2D eigenvalue weighted by Gasteiger charge is -2.18. The van der Waals surface area contributed by atoms with E-state index in [1.807, 2.05) is 6.92 Å². The zero-order chi connectivity index (χ0) is 15.4. The van der Waals surface area contributed by atoms with Crippen molar-refractivity contribution >= 4 is 22.8 Å². The van der Waals surface area contributed by atoms with Gasteiger partial charge in [0.1, 0.15) is 5.69 Å². The molecule has 1 aliphatic rings. The molecule has 1 aromatic rings. The van der Waals surface area contributed by atoms with Crippen molar-refractivity contribution < 1.29 is 20.9 Å². The zero-order valence-electron chi connectivity index (χ0n) is 11.6. The standard InChI is InChI=1S/C13H18N4O4/c1-2-9-4-3-5-11(9)14-15-12-7-6-10(16(18)19)8-13(12)17(20)21/h4,6-8,15-18,20H,2-3,5H2,1H3. The Kier molecular flexibility index (Phi) is 5.02. The van der Waals surface area contributed by atoms with Crippen LogP contribution in [0.15, 0.2) is 34.9 Å². The van der Waals surface area contributed by atoms with E-state index in [4.69, 9.17) is 10.4 Å². The number of anilines is 1. The summed E-state index contributed by atoms with van der Waals surface area (Å²) in [7, 11) is 0. The molecular weight excluding hydrogens is 276 g/mol. The van der Waals surface area contributed by atoms with E-state index in [-0.39, 0.29) is 17.1 Å². The van der Waals surface area contributed by atoms with Crippen LogP contribution in [0.25, 0.3) is 0 Å². The van der Waals surface area contributed by atoms with Crippen LogP contribution in [0, 0.1) is 10.4 Å². The Labute approximate surface area is 121 Å². The van der Waals surface area contributed by atoms with Gasteiger partial charge in [-0.3, -0.25) is 5.43 Å². The number of hydrogen-bond donors (Lipinski definition) is 5. The van der Waals surface area contributed by atoms with Crippen molar-refractivity contribution in [1.82, 2.24) is 0 Å². The fraction of sp³-hybridized carbons (Fsp3) is 0.308. The fourth-order valence-electron chi connectivity index (χ4n) is 2.22. The second-order valence-electron chi connectivity index (χ2n) is 4.66. The maximum atomic E-state index is 11.2. The van der Waals surface area contributed by atoms with Gasteiger partial charge in [-0.2, -0.15) is 15.6 Å². The minimum atomic E-state index is -1.20. The van der Waals surface area contributed by atoms with Gasteiger partial charge in [0.05, 0.1) is 11.8 Å². The molecule has 8 heteroatoms. The van der Waals surface area contributed by atoms with Crippen LogP contribution in [0.3, 0.4) is 0 Å². The lowest BCUT2D eigenvalue weighted by Crippen LogP contribution is -3.00. The number of rotatable bonds is 5. The largest absolute Gasteiger partial charge is 0.595 e. The maximum absolute atomic E-state index is 11.2. The molecule has 21 heavy (non-hydrogen) atoms. The average molecular weight is 294 g/mol. The highest BCUT2D eigenvalue weighted by Gasteiger charge is 2.15. The molecule has 0 fully saturated rings. The Morgan fingerprint density at radius 2 is 2.05 bits per heavy atom.